The predicted molar refractivity (Wildman–Crippen MR) is 117 cm³/mol. The average molecular weight is 460 g/mol. The van der Waals surface area contributed by atoms with E-state index >= 15 is 0 Å². The van der Waals surface area contributed by atoms with E-state index in [0.29, 0.717) is 43.1 Å². The Hall–Kier alpha value is -2.79. The van der Waals surface area contributed by atoms with Crippen molar-refractivity contribution in [3.63, 3.8) is 0 Å². The number of ketones is 1. The number of hydrogen-bond donors (Lipinski definition) is 0. The highest BCUT2D eigenvalue weighted by Crippen LogP contribution is 2.38. The quantitative estimate of drug-likeness (QED) is 0.246. The van der Waals surface area contributed by atoms with Gasteiger partial charge in [-0.2, -0.15) is 0 Å². The summed E-state index contributed by atoms with van der Waals surface area (Å²) < 4.78 is 11.2. The van der Waals surface area contributed by atoms with Crippen LogP contribution in [0.5, 0.6) is 11.5 Å². The van der Waals surface area contributed by atoms with Gasteiger partial charge in [-0.1, -0.05) is 46.9 Å². The van der Waals surface area contributed by atoms with E-state index in [0.717, 1.165) is 0 Å². The van der Waals surface area contributed by atoms with Crippen molar-refractivity contribution in [1.82, 2.24) is 0 Å². The summed E-state index contributed by atoms with van der Waals surface area (Å²) in [6.07, 6.45) is 1.55. The van der Waals surface area contributed by atoms with Crippen molar-refractivity contribution in [3.8, 4) is 11.5 Å². The molecule has 3 aromatic rings. The van der Waals surface area contributed by atoms with Crippen LogP contribution in [0.15, 0.2) is 60.4 Å². The Kier molecular flexibility index (Phi) is 5.56. The van der Waals surface area contributed by atoms with Gasteiger partial charge in [-0.25, -0.2) is 4.79 Å². The second-order valence-electron chi connectivity index (χ2n) is 6.62. The molecule has 150 valence electrons. The molecule has 0 aliphatic carbocycles. The van der Waals surface area contributed by atoms with Crippen LogP contribution in [0.4, 0.5) is 0 Å². The van der Waals surface area contributed by atoms with Gasteiger partial charge in [0.2, 0.25) is 5.78 Å². The molecule has 0 fully saturated rings. The van der Waals surface area contributed by atoms with Gasteiger partial charge in [0.05, 0.1) is 11.1 Å². The van der Waals surface area contributed by atoms with E-state index in [1.165, 1.54) is 12.1 Å². The van der Waals surface area contributed by atoms with E-state index in [4.69, 9.17) is 44.3 Å². The Morgan fingerprint density at radius 1 is 1.00 bits per heavy atom. The van der Waals surface area contributed by atoms with Gasteiger partial charge < -0.3 is 9.47 Å². The van der Waals surface area contributed by atoms with Gasteiger partial charge in [0.25, 0.3) is 0 Å². The number of fused-ring (bicyclic) bond motifs is 1. The standard InChI is InChI=1S/C23H13Cl3O4/c1-12-7-17(29-23(28)14-3-2-4-15(24)8-14)11-19-21(12)22(27)20(30-19)9-13-5-6-16(25)10-18(13)26/h2-11H,1H3/b20-9-. The van der Waals surface area contributed by atoms with Gasteiger partial charge in [-0.3, -0.25) is 4.79 Å². The van der Waals surface area contributed by atoms with Gasteiger partial charge in [0.15, 0.2) is 5.76 Å². The van der Waals surface area contributed by atoms with Crippen LogP contribution in [0.1, 0.15) is 31.8 Å². The number of carbonyl (C=O) groups excluding carboxylic acids is 2. The van der Waals surface area contributed by atoms with Crippen molar-refractivity contribution in [3.05, 3.63) is 97.7 Å². The number of carbonyl (C=O) groups is 2. The van der Waals surface area contributed by atoms with E-state index in [-0.39, 0.29) is 17.3 Å². The van der Waals surface area contributed by atoms with E-state index < -0.39 is 5.97 Å². The highest BCUT2D eigenvalue weighted by molar-refractivity contribution is 6.35. The zero-order valence-electron chi connectivity index (χ0n) is 15.5. The number of hydrogen-bond acceptors (Lipinski definition) is 4. The van der Waals surface area contributed by atoms with E-state index in [2.05, 4.69) is 0 Å². The van der Waals surface area contributed by atoms with E-state index in [1.807, 2.05) is 0 Å². The molecule has 1 aliphatic heterocycles. The first-order valence-electron chi connectivity index (χ1n) is 8.83. The zero-order chi connectivity index (χ0) is 21.4. The van der Waals surface area contributed by atoms with Crippen molar-refractivity contribution in [2.75, 3.05) is 0 Å². The van der Waals surface area contributed by atoms with E-state index in [9.17, 15) is 9.59 Å². The maximum Gasteiger partial charge on any atom is 0.343 e. The molecule has 0 saturated carbocycles. The summed E-state index contributed by atoms with van der Waals surface area (Å²) in [5.74, 6) is -0.151. The maximum absolute atomic E-state index is 12.8. The van der Waals surface area contributed by atoms with Crippen molar-refractivity contribution in [2.24, 2.45) is 0 Å². The van der Waals surface area contributed by atoms with Gasteiger partial charge in [0, 0.05) is 21.1 Å². The lowest BCUT2D eigenvalue weighted by Crippen LogP contribution is -2.08. The number of Topliss-reactive ketones (excluding diaryl/α,β-unsaturated/α-hetero) is 1. The van der Waals surface area contributed by atoms with Crippen LogP contribution in [0.3, 0.4) is 0 Å². The minimum Gasteiger partial charge on any atom is -0.452 e. The number of ether oxygens (including phenoxy) is 2. The molecule has 0 aromatic heterocycles. The Morgan fingerprint density at radius 3 is 2.50 bits per heavy atom. The van der Waals surface area contributed by atoms with Crippen LogP contribution < -0.4 is 9.47 Å². The maximum atomic E-state index is 12.8. The summed E-state index contributed by atoms with van der Waals surface area (Å²) in [7, 11) is 0. The second kappa shape index (κ2) is 8.15. The third-order valence-corrected chi connectivity index (χ3v) is 5.26. The van der Waals surface area contributed by atoms with Gasteiger partial charge in [-0.05, 0) is 60.5 Å². The number of benzene rings is 3. The summed E-state index contributed by atoms with van der Waals surface area (Å²) in [6, 6.07) is 14.5. The fraction of sp³-hybridized carbons (Fsp3) is 0.0435. The summed E-state index contributed by atoms with van der Waals surface area (Å²) in [4.78, 5) is 25.2. The normalized spacial score (nSPS) is 13.9. The zero-order valence-corrected chi connectivity index (χ0v) is 17.8. The van der Waals surface area contributed by atoms with Gasteiger partial charge in [0.1, 0.15) is 11.5 Å². The highest BCUT2D eigenvalue weighted by atomic mass is 35.5. The first-order valence-corrected chi connectivity index (χ1v) is 9.97. The largest absolute Gasteiger partial charge is 0.452 e. The van der Waals surface area contributed by atoms with Crippen molar-refractivity contribution < 1.29 is 19.1 Å². The lowest BCUT2D eigenvalue weighted by Gasteiger charge is -2.08. The van der Waals surface area contributed by atoms with Crippen molar-refractivity contribution in [1.29, 1.82) is 0 Å². The molecule has 0 bridgehead atoms. The molecule has 30 heavy (non-hydrogen) atoms. The van der Waals surface area contributed by atoms with Crippen molar-refractivity contribution >= 4 is 52.6 Å². The third kappa shape index (κ3) is 4.08. The van der Waals surface area contributed by atoms with Crippen LogP contribution in [-0.2, 0) is 0 Å². The molecule has 0 spiro atoms. The minimum absolute atomic E-state index is 0.121. The monoisotopic (exact) mass is 458 g/mol. The molecule has 1 heterocycles. The Balaban J connectivity index is 1.62. The summed E-state index contributed by atoms with van der Waals surface area (Å²) in [6.45, 7) is 1.75. The lowest BCUT2D eigenvalue weighted by atomic mass is 10.0. The van der Waals surface area contributed by atoms with E-state index in [1.54, 1.807) is 55.5 Å². The van der Waals surface area contributed by atoms with Crippen LogP contribution >= 0.6 is 34.8 Å². The molecule has 3 aromatic carbocycles. The topological polar surface area (TPSA) is 52.6 Å². The molecule has 4 nitrogen and oxygen atoms in total. The fourth-order valence-corrected chi connectivity index (χ4v) is 3.73. The molecule has 0 saturated heterocycles. The van der Waals surface area contributed by atoms with Crippen LogP contribution in [0.25, 0.3) is 6.08 Å². The molecule has 0 amide bonds. The van der Waals surface area contributed by atoms with Crippen LogP contribution in [0, 0.1) is 6.92 Å². The average Bonchev–Trinajstić information content (AvgIpc) is 2.99. The first-order chi connectivity index (χ1) is 14.3. The van der Waals surface area contributed by atoms with Crippen LogP contribution in [0.2, 0.25) is 15.1 Å². The number of halogens is 3. The predicted octanol–water partition coefficient (Wildman–Crippen LogP) is 6.79. The smallest absolute Gasteiger partial charge is 0.343 e. The summed E-state index contributed by atoms with van der Waals surface area (Å²) >= 11 is 18.0. The second-order valence-corrected chi connectivity index (χ2v) is 7.90. The molecule has 0 radical (unpaired) electrons. The number of rotatable bonds is 3. The lowest BCUT2D eigenvalue weighted by molar-refractivity contribution is 0.0734. The Labute approximate surface area is 187 Å². The SMILES string of the molecule is Cc1cc(OC(=O)c2cccc(Cl)c2)cc2c1C(=O)/C(=C/c1ccc(Cl)cc1Cl)O2. The molecule has 0 unspecified atom stereocenters. The van der Waals surface area contributed by atoms with Gasteiger partial charge >= 0.3 is 5.97 Å². The number of aryl methyl sites for hydroxylation is 1. The Bertz CT molecular complexity index is 1230. The number of allylic oxidation sites excluding steroid dienone is 1. The summed E-state index contributed by atoms with van der Waals surface area (Å²) in [5, 5.41) is 1.32. The molecule has 0 N–H and O–H groups in total. The summed E-state index contributed by atoms with van der Waals surface area (Å²) in [5.41, 5.74) is 1.95. The molecule has 4 rings (SSSR count). The number of esters is 1. The molecule has 0 atom stereocenters. The van der Waals surface area contributed by atoms with Crippen LogP contribution in [-0.4, -0.2) is 11.8 Å². The third-order valence-electron chi connectivity index (χ3n) is 4.46. The minimum atomic E-state index is -0.565. The van der Waals surface area contributed by atoms with Crippen molar-refractivity contribution in [2.45, 2.75) is 6.92 Å². The first kappa shape index (κ1) is 20.5. The molecule has 7 heteroatoms. The Morgan fingerprint density at radius 2 is 1.77 bits per heavy atom. The molecular weight excluding hydrogens is 447 g/mol. The molecular formula is C23H13Cl3O4. The fourth-order valence-electron chi connectivity index (χ4n) is 3.08. The molecule has 1 aliphatic rings. The van der Waals surface area contributed by atoms with Gasteiger partial charge in [-0.15, -0.1) is 0 Å². The highest BCUT2D eigenvalue weighted by Gasteiger charge is 2.30.